The lowest BCUT2D eigenvalue weighted by Gasteiger charge is -2.20. The van der Waals surface area contributed by atoms with Crippen LogP contribution in [0.4, 0.5) is 23.5 Å². The fourth-order valence-corrected chi connectivity index (χ4v) is 1.78. The van der Waals surface area contributed by atoms with Gasteiger partial charge in [0, 0.05) is 28.2 Å². The van der Waals surface area contributed by atoms with E-state index in [9.17, 15) is 5.26 Å². The topological polar surface area (TPSA) is 81.0 Å². The first-order chi connectivity index (χ1) is 10.1. The first-order valence-electron chi connectivity index (χ1n) is 6.41. The molecule has 1 aromatic carbocycles. The molecular formula is C14H17N7. The van der Waals surface area contributed by atoms with Gasteiger partial charge < -0.3 is 15.1 Å². The molecule has 0 amide bonds. The fourth-order valence-electron chi connectivity index (χ4n) is 1.78. The summed E-state index contributed by atoms with van der Waals surface area (Å²) in [6.45, 7) is 0. The van der Waals surface area contributed by atoms with Crippen molar-refractivity contribution in [1.82, 2.24) is 15.0 Å². The van der Waals surface area contributed by atoms with E-state index in [0.29, 0.717) is 23.4 Å². The molecular weight excluding hydrogens is 266 g/mol. The van der Waals surface area contributed by atoms with E-state index < -0.39 is 0 Å². The van der Waals surface area contributed by atoms with E-state index in [-0.39, 0.29) is 0 Å². The summed E-state index contributed by atoms with van der Waals surface area (Å²) in [6.07, 6.45) is 0. The third kappa shape index (κ3) is 3.00. The molecule has 1 aromatic heterocycles. The quantitative estimate of drug-likeness (QED) is 0.913. The Morgan fingerprint density at radius 1 is 1.05 bits per heavy atom. The van der Waals surface area contributed by atoms with Crippen LogP contribution >= 0.6 is 0 Å². The number of nitriles is 1. The minimum absolute atomic E-state index is 0.473. The maximum Gasteiger partial charge on any atom is 0.236 e. The van der Waals surface area contributed by atoms with Crippen molar-refractivity contribution in [2.24, 2.45) is 0 Å². The van der Waals surface area contributed by atoms with E-state index in [0.717, 1.165) is 5.69 Å². The van der Waals surface area contributed by atoms with E-state index in [2.05, 4.69) is 26.3 Å². The second kappa shape index (κ2) is 6.05. The average Bonchev–Trinajstić information content (AvgIpc) is 2.53. The molecule has 7 nitrogen and oxygen atoms in total. The highest BCUT2D eigenvalue weighted by molar-refractivity contribution is 5.65. The van der Waals surface area contributed by atoms with E-state index in [1.807, 2.05) is 39.3 Å². The highest BCUT2D eigenvalue weighted by Gasteiger charge is 2.14. The van der Waals surface area contributed by atoms with E-state index >= 15 is 0 Å². The Kier molecular flexibility index (Phi) is 4.18. The molecule has 0 aliphatic carbocycles. The Morgan fingerprint density at radius 3 is 2.33 bits per heavy atom. The van der Waals surface area contributed by atoms with Crippen LogP contribution in [0.25, 0.3) is 0 Å². The maximum absolute atomic E-state index is 9.21. The first-order valence-corrected chi connectivity index (χ1v) is 6.41. The molecule has 2 aromatic rings. The normalized spacial score (nSPS) is 9.86. The lowest BCUT2D eigenvalue weighted by molar-refractivity contribution is 0.932. The van der Waals surface area contributed by atoms with Gasteiger partial charge >= 0.3 is 0 Å². The molecule has 0 saturated heterocycles. The molecule has 108 valence electrons. The van der Waals surface area contributed by atoms with Gasteiger partial charge in [-0.1, -0.05) is 12.1 Å². The second-order valence-electron chi connectivity index (χ2n) is 4.59. The Labute approximate surface area is 123 Å². The molecule has 21 heavy (non-hydrogen) atoms. The predicted molar refractivity (Wildman–Crippen MR) is 82.9 cm³/mol. The van der Waals surface area contributed by atoms with Gasteiger partial charge in [0.05, 0.1) is 11.3 Å². The van der Waals surface area contributed by atoms with E-state index in [1.54, 1.807) is 22.9 Å². The van der Waals surface area contributed by atoms with Gasteiger partial charge in [-0.25, -0.2) is 0 Å². The zero-order valence-electron chi connectivity index (χ0n) is 12.5. The summed E-state index contributed by atoms with van der Waals surface area (Å²) < 4.78 is 0. The number of hydrogen-bond donors (Lipinski definition) is 1. The SMILES string of the molecule is CNc1nc(N(C)C)nc(N(C)c2ccccc2C#N)n1. The van der Waals surface area contributed by atoms with Crippen molar-refractivity contribution in [3.63, 3.8) is 0 Å². The van der Waals surface area contributed by atoms with Gasteiger partial charge in [0.15, 0.2) is 0 Å². The number of nitrogens with zero attached hydrogens (tertiary/aromatic N) is 6. The molecule has 0 bridgehead atoms. The van der Waals surface area contributed by atoms with Crippen LogP contribution in [0.2, 0.25) is 0 Å². The van der Waals surface area contributed by atoms with Gasteiger partial charge in [-0.2, -0.15) is 20.2 Å². The second-order valence-corrected chi connectivity index (χ2v) is 4.59. The van der Waals surface area contributed by atoms with Crippen LogP contribution < -0.4 is 15.1 Å². The minimum atomic E-state index is 0.473. The standard InChI is InChI=1S/C14H17N7/c1-16-12-17-13(20(2)3)19-14(18-12)21(4)11-8-6-5-7-10(11)9-15/h5-8H,1-4H3,(H,16,17,18,19). The summed E-state index contributed by atoms with van der Waals surface area (Å²) in [4.78, 5) is 16.6. The fraction of sp³-hybridized carbons (Fsp3) is 0.286. The summed E-state index contributed by atoms with van der Waals surface area (Å²) in [5, 5.41) is 12.1. The third-order valence-electron chi connectivity index (χ3n) is 2.92. The molecule has 0 radical (unpaired) electrons. The number of aromatic nitrogens is 3. The largest absolute Gasteiger partial charge is 0.357 e. The van der Waals surface area contributed by atoms with Gasteiger partial charge in [0.1, 0.15) is 6.07 Å². The lowest BCUT2D eigenvalue weighted by Crippen LogP contribution is -2.20. The van der Waals surface area contributed by atoms with Crippen LogP contribution in [-0.4, -0.2) is 43.1 Å². The maximum atomic E-state index is 9.21. The smallest absolute Gasteiger partial charge is 0.236 e. The van der Waals surface area contributed by atoms with Gasteiger partial charge in [0.2, 0.25) is 17.8 Å². The van der Waals surface area contributed by atoms with Gasteiger partial charge in [0.25, 0.3) is 0 Å². The Bertz CT molecular complexity index is 675. The molecule has 0 fully saturated rings. The highest BCUT2D eigenvalue weighted by Crippen LogP contribution is 2.25. The third-order valence-corrected chi connectivity index (χ3v) is 2.92. The van der Waals surface area contributed by atoms with E-state index in [4.69, 9.17) is 0 Å². The summed E-state index contributed by atoms with van der Waals surface area (Å²) >= 11 is 0. The van der Waals surface area contributed by atoms with Crippen molar-refractivity contribution in [2.45, 2.75) is 0 Å². The molecule has 7 heteroatoms. The zero-order chi connectivity index (χ0) is 15.4. The Balaban J connectivity index is 2.50. The lowest BCUT2D eigenvalue weighted by atomic mass is 10.2. The number of benzene rings is 1. The number of anilines is 4. The molecule has 0 unspecified atom stereocenters. The molecule has 1 heterocycles. The molecule has 0 saturated carbocycles. The van der Waals surface area contributed by atoms with Crippen molar-refractivity contribution in [1.29, 1.82) is 5.26 Å². The van der Waals surface area contributed by atoms with Crippen LogP contribution in [0, 0.1) is 11.3 Å². The Hall–Kier alpha value is -2.88. The number of nitrogens with one attached hydrogen (secondary N) is 1. The van der Waals surface area contributed by atoms with Crippen LogP contribution in [0.1, 0.15) is 5.56 Å². The highest BCUT2D eigenvalue weighted by atomic mass is 15.3. The minimum Gasteiger partial charge on any atom is -0.357 e. The van der Waals surface area contributed by atoms with Crippen LogP contribution in [0.3, 0.4) is 0 Å². The molecule has 0 aliphatic rings. The summed E-state index contributed by atoms with van der Waals surface area (Å²) in [6, 6.07) is 9.50. The van der Waals surface area contributed by atoms with Crippen molar-refractivity contribution < 1.29 is 0 Å². The number of hydrogen-bond acceptors (Lipinski definition) is 7. The van der Waals surface area contributed by atoms with Crippen molar-refractivity contribution in [3.05, 3.63) is 29.8 Å². The van der Waals surface area contributed by atoms with Gasteiger partial charge in [-0.05, 0) is 12.1 Å². The number of para-hydroxylation sites is 1. The molecule has 0 aliphatic heterocycles. The van der Waals surface area contributed by atoms with Crippen LogP contribution in [0.5, 0.6) is 0 Å². The monoisotopic (exact) mass is 283 g/mol. The molecule has 0 atom stereocenters. The summed E-state index contributed by atoms with van der Waals surface area (Å²) in [5.74, 6) is 1.50. The molecule has 0 spiro atoms. The van der Waals surface area contributed by atoms with Crippen molar-refractivity contribution in [2.75, 3.05) is 43.3 Å². The average molecular weight is 283 g/mol. The summed E-state index contributed by atoms with van der Waals surface area (Å²) in [7, 11) is 7.30. The Morgan fingerprint density at radius 2 is 1.71 bits per heavy atom. The first kappa shape index (κ1) is 14.5. The van der Waals surface area contributed by atoms with Crippen LogP contribution in [0.15, 0.2) is 24.3 Å². The van der Waals surface area contributed by atoms with Gasteiger partial charge in [-0.3, -0.25) is 0 Å². The van der Waals surface area contributed by atoms with Gasteiger partial charge in [-0.15, -0.1) is 0 Å². The molecule has 1 N–H and O–H groups in total. The van der Waals surface area contributed by atoms with E-state index in [1.165, 1.54) is 0 Å². The number of rotatable bonds is 4. The van der Waals surface area contributed by atoms with Crippen LogP contribution in [-0.2, 0) is 0 Å². The molecule has 2 rings (SSSR count). The zero-order valence-corrected chi connectivity index (χ0v) is 12.5. The predicted octanol–water partition coefficient (Wildman–Crippen LogP) is 1.62. The summed E-state index contributed by atoms with van der Waals surface area (Å²) in [5.41, 5.74) is 1.32. The van der Waals surface area contributed by atoms with Crippen molar-refractivity contribution >= 4 is 23.5 Å². The van der Waals surface area contributed by atoms with Crippen molar-refractivity contribution in [3.8, 4) is 6.07 Å².